The molecule has 0 fully saturated rings. The van der Waals surface area contributed by atoms with E-state index in [1.807, 2.05) is 0 Å². The average molecular weight is 399 g/mol. The minimum Gasteiger partial charge on any atom is -0.493 e. The number of guanidine groups is 1. The van der Waals surface area contributed by atoms with Crippen LogP contribution in [0.4, 0.5) is 19.0 Å². The molecule has 0 amide bonds. The second-order valence-corrected chi connectivity index (χ2v) is 5.76. The Morgan fingerprint density at radius 3 is 2.79 bits per heavy atom. The molecule has 0 atom stereocenters. The van der Waals surface area contributed by atoms with E-state index in [-0.39, 0.29) is 17.7 Å². The second kappa shape index (κ2) is 9.67. The molecule has 0 saturated heterocycles. The lowest BCUT2D eigenvalue weighted by atomic mass is 10.2. The van der Waals surface area contributed by atoms with Gasteiger partial charge >= 0.3 is 12.2 Å². The van der Waals surface area contributed by atoms with Gasteiger partial charge in [-0.25, -0.2) is 15.0 Å². The molecule has 2 rings (SSSR count). The lowest BCUT2D eigenvalue weighted by molar-refractivity contribution is -0.118. The van der Waals surface area contributed by atoms with Gasteiger partial charge in [0, 0.05) is 24.4 Å². The summed E-state index contributed by atoms with van der Waals surface area (Å²) in [7, 11) is 0. The van der Waals surface area contributed by atoms with Crippen LogP contribution in [0.1, 0.15) is 24.4 Å². The molecule has 0 aliphatic rings. The smallest absolute Gasteiger partial charge is 0.408 e. The van der Waals surface area contributed by atoms with E-state index >= 15 is 0 Å². The number of aryl methyl sites for hydroxylation is 2. The van der Waals surface area contributed by atoms with Crippen molar-refractivity contribution in [3.63, 3.8) is 0 Å². The zero-order valence-electron chi connectivity index (χ0n) is 15.1. The Bertz CT molecular complexity index is 795. The number of hydrogen-bond donors (Lipinski definition) is 3. The van der Waals surface area contributed by atoms with Gasteiger partial charge in [0.2, 0.25) is 5.88 Å². The Morgan fingerprint density at radius 1 is 1.29 bits per heavy atom. The van der Waals surface area contributed by atoms with Gasteiger partial charge in [-0.05, 0) is 25.8 Å². The number of nitrogens with zero attached hydrogens (tertiary/aromatic N) is 5. The number of aliphatic imine (C=N–C) groups is 1. The Hall–Kier alpha value is -3.18. The predicted octanol–water partition coefficient (Wildman–Crippen LogP) is 1.97. The number of unbranched alkanes of at least 4 members (excludes halogenated alkanes) is 1. The van der Waals surface area contributed by atoms with E-state index in [4.69, 9.17) is 10.5 Å². The summed E-state index contributed by atoms with van der Waals surface area (Å²) in [6, 6.07) is 2.95. The molecule has 0 spiro atoms. The summed E-state index contributed by atoms with van der Waals surface area (Å²) in [5, 5.41) is 11.9. The number of ether oxygens (including phenoxy) is 1. The zero-order chi connectivity index (χ0) is 20.6. The largest absolute Gasteiger partial charge is 0.493 e. The standard InChI is InChI=1S/C16H20F3N7O2/c1-10-8-13(27)24-11(23-10)4-2-3-7-28-15-21-6-5-12(26-15)25-14(20)22-9-16(17,18)19/h5-6,8H,2-4,7,9H2,1H3,(H,23,24,27)(H3,20,21,22,25,26). The van der Waals surface area contributed by atoms with Crippen LogP contribution >= 0.6 is 0 Å². The highest BCUT2D eigenvalue weighted by Crippen LogP contribution is 2.14. The SMILES string of the molecule is Cc1cc(O)nc(CCCCOc2nccc(NC(N)=NCC(F)(F)F)n2)n1. The van der Waals surface area contributed by atoms with Crippen molar-refractivity contribution in [1.29, 1.82) is 0 Å². The fourth-order valence-corrected chi connectivity index (χ4v) is 2.10. The van der Waals surface area contributed by atoms with Gasteiger partial charge in [0.05, 0.1) is 6.61 Å². The van der Waals surface area contributed by atoms with Crippen LogP contribution in [0.2, 0.25) is 0 Å². The van der Waals surface area contributed by atoms with E-state index in [1.165, 1.54) is 18.3 Å². The minimum absolute atomic E-state index is 0.0538. The lowest BCUT2D eigenvalue weighted by Gasteiger charge is -2.08. The van der Waals surface area contributed by atoms with Gasteiger partial charge in [-0.1, -0.05) is 0 Å². The third kappa shape index (κ3) is 8.01. The summed E-state index contributed by atoms with van der Waals surface area (Å²) in [6.45, 7) is 0.703. The number of alkyl halides is 3. The van der Waals surface area contributed by atoms with Gasteiger partial charge in [0.1, 0.15) is 18.2 Å². The number of rotatable bonds is 8. The summed E-state index contributed by atoms with van der Waals surface area (Å²) in [6.07, 6.45) is -1.10. The van der Waals surface area contributed by atoms with Crippen LogP contribution in [0.25, 0.3) is 0 Å². The maximum absolute atomic E-state index is 12.1. The first-order valence-electron chi connectivity index (χ1n) is 8.34. The Kier molecular flexibility index (Phi) is 7.29. The van der Waals surface area contributed by atoms with Crippen LogP contribution in [0.3, 0.4) is 0 Å². The number of nitrogens with one attached hydrogen (secondary N) is 1. The molecule has 0 aromatic carbocycles. The van der Waals surface area contributed by atoms with Crippen LogP contribution in [0, 0.1) is 6.92 Å². The molecule has 0 saturated carbocycles. The second-order valence-electron chi connectivity index (χ2n) is 5.76. The topological polar surface area (TPSA) is 131 Å². The van der Waals surface area contributed by atoms with Crippen molar-refractivity contribution in [3.05, 3.63) is 29.8 Å². The van der Waals surface area contributed by atoms with Gasteiger partial charge in [-0.3, -0.25) is 0 Å². The maximum atomic E-state index is 12.1. The highest BCUT2D eigenvalue weighted by molar-refractivity contribution is 5.91. The summed E-state index contributed by atoms with van der Waals surface area (Å²) >= 11 is 0. The summed E-state index contributed by atoms with van der Waals surface area (Å²) < 4.78 is 41.8. The van der Waals surface area contributed by atoms with Crippen LogP contribution < -0.4 is 15.8 Å². The molecule has 0 aliphatic heterocycles. The third-order valence-electron chi connectivity index (χ3n) is 3.23. The predicted molar refractivity (Wildman–Crippen MR) is 95.1 cm³/mol. The summed E-state index contributed by atoms with van der Waals surface area (Å²) in [4.78, 5) is 19.2. The first kappa shape index (κ1) is 21.1. The van der Waals surface area contributed by atoms with Gasteiger partial charge in [-0.15, -0.1) is 0 Å². The zero-order valence-corrected chi connectivity index (χ0v) is 15.1. The van der Waals surface area contributed by atoms with Crippen LogP contribution in [-0.4, -0.2) is 50.3 Å². The molecule has 28 heavy (non-hydrogen) atoms. The van der Waals surface area contributed by atoms with Gasteiger partial charge in [0.25, 0.3) is 0 Å². The fourth-order valence-electron chi connectivity index (χ4n) is 2.10. The molecular formula is C16H20F3N7O2. The van der Waals surface area contributed by atoms with Crippen molar-refractivity contribution >= 4 is 11.8 Å². The quantitative estimate of drug-likeness (QED) is 0.349. The molecule has 4 N–H and O–H groups in total. The van der Waals surface area contributed by atoms with Crippen LogP contribution in [0.15, 0.2) is 23.3 Å². The number of hydrogen-bond acceptors (Lipinski definition) is 7. The lowest BCUT2D eigenvalue weighted by Crippen LogP contribution is -2.26. The van der Waals surface area contributed by atoms with Crippen LogP contribution in [0.5, 0.6) is 11.9 Å². The van der Waals surface area contributed by atoms with Crippen molar-refractivity contribution in [1.82, 2.24) is 19.9 Å². The van der Waals surface area contributed by atoms with E-state index in [9.17, 15) is 18.3 Å². The van der Waals surface area contributed by atoms with Crippen LogP contribution in [-0.2, 0) is 6.42 Å². The normalized spacial score (nSPS) is 12.1. The maximum Gasteiger partial charge on any atom is 0.408 e. The van der Waals surface area contributed by atoms with Crippen molar-refractivity contribution in [2.75, 3.05) is 18.5 Å². The molecule has 2 heterocycles. The molecule has 2 aromatic rings. The van der Waals surface area contributed by atoms with E-state index in [0.717, 1.165) is 6.42 Å². The summed E-state index contributed by atoms with van der Waals surface area (Å²) in [5.41, 5.74) is 6.08. The first-order chi connectivity index (χ1) is 13.2. The number of aromatic nitrogens is 4. The van der Waals surface area contributed by atoms with Gasteiger partial charge < -0.3 is 20.9 Å². The highest BCUT2D eigenvalue weighted by atomic mass is 19.4. The Balaban J connectivity index is 1.76. The van der Waals surface area contributed by atoms with Crippen molar-refractivity contribution in [2.45, 2.75) is 32.4 Å². The molecular weight excluding hydrogens is 379 g/mol. The van der Waals surface area contributed by atoms with E-state index in [0.29, 0.717) is 31.0 Å². The van der Waals surface area contributed by atoms with E-state index in [2.05, 4.69) is 30.2 Å². The summed E-state index contributed by atoms with van der Waals surface area (Å²) in [5.74, 6) is 0.239. The van der Waals surface area contributed by atoms with E-state index < -0.39 is 18.7 Å². The Morgan fingerprint density at radius 2 is 2.07 bits per heavy atom. The van der Waals surface area contributed by atoms with E-state index in [1.54, 1.807) is 6.92 Å². The van der Waals surface area contributed by atoms with Crippen molar-refractivity contribution in [2.24, 2.45) is 10.7 Å². The fraction of sp³-hybridized carbons (Fsp3) is 0.438. The molecule has 2 aromatic heterocycles. The monoisotopic (exact) mass is 399 g/mol. The first-order valence-corrected chi connectivity index (χ1v) is 8.34. The molecule has 9 nitrogen and oxygen atoms in total. The van der Waals surface area contributed by atoms with Gasteiger partial charge in [-0.2, -0.15) is 23.1 Å². The minimum atomic E-state index is -4.44. The number of anilines is 1. The highest BCUT2D eigenvalue weighted by Gasteiger charge is 2.26. The molecule has 0 aliphatic carbocycles. The Labute approximate surface area is 158 Å². The number of nitrogens with two attached hydrogens (primary N) is 1. The molecule has 12 heteroatoms. The van der Waals surface area contributed by atoms with Crippen molar-refractivity contribution in [3.8, 4) is 11.9 Å². The average Bonchev–Trinajstić information content (AvgIpc) is 2.59. The van der Waals surface area contributed by atoms with Crippen molar-refractivity contribution < 1.29 is 23.0 Å². The third-order valence-corrected chi connectivity index (χ3v) is 3.23. The molecule has 152 valence electrons. The molecule has 0 radical (unpaired) electrons. The molecule has 0 bridgehead atoms. The number of aromatic hydroxyl groups is 1. The van der Waals surface area contributed by atoms with Gasteiger partial charge in [0.15, 0.2) is 5.96 Å². The number of halogens is 3. The molecule has 0 unspecified atom stereocenters.